The zero-order valence-corrected chi connectivity index (χ0v) is 12.4. The number of H-pyrrole nitrogens is 1. The van der Waals surface area contributed by atoms with Crippen LogP contribution in [0.5, 0.6) is 0 Å². The van der Waals surface area contributed by atoms with E-state index in [0.29, 0.717) is 11.3 Å². The van der Waals surface area contributed by atoms with Gasteiger partial charge >= 0.3 is 0 Å². The highest BCUT2D eigenvalue weighted by Crippen LogP contribution is 2.18. The van der Waals surface area contributed by atoms with Crippen molar-refractivity contribution in [3.8, 4) is 11.3 Å². The van der Waals surface area contributed by atoms with Gasteiger partial charge in [-0.3, -0.25) is 9.89 Å². The van der Waals surface area contributed by atoms with Crippen LogP contribution in [0.1, 0.15) is 10.5 Å². The Kier molecular flexibility index (Phi) is 3.31. The summed E-state index contributed by atoms with van der Waals surface area (Å²) in [5.41, 5.74) is 3.07. The number of hydrogen-bond acceptors (Lipinski definition) is 3. The van der Waals surface area contributed by atoms with Crippen LogP contribution >= 0.6 is 0 Å². The van der Waals surface area contributed by atoms with Gasteiger partial charge in [-0.05, 0) is 36.4 Å². The van der Waals surface area contributed by atoms with Crippen molar-refractivity contribution in [2.24, 2.45) is 0 Å². The molecule has 7 heteroatoms. The Balaban J connectivity index is 1.63. The molecule has 0 fully saturated rings. The molecule has 0 spiro atoms. The Bertz CT molecular complexity index is 1020. The number of imidazole rings is 1. The average Bonchev–Trinajstić information content (AvgIpc) is 3.23. The maximum Gasteiger partial charge on any atom is 0.275 e. The number of hydrogen-bond donors (Lipinski definition) is 2. The van der Waals surface area contributed by atoms with Gasteiger partial charge < -0.3 is 9.72 Å². The first-order valence-electron chi connectivity index (χ1n) is 7.24. The molecule has 2 N–H and O–H groups in total. The number of aromatic amines is 1. The van der Waals surface area contributed by atoms with Crippen LogP contribution in [0.25, 0.3) is 16.9 Å². The van der Waals surface area contributed by atoms with Gasteiger partial charge in [-0.15, -0.1) is 0 Å². The number of fused-ring (bicyclic) bond motifs is 1. The van der Waals surface area contributed by atoms with E-state index in [4.69, 9.17) is 0 Å². The van der Waals surface area contributed by atoms with Crippen molar-refractivity contribution >= 4 is 17.2 Å². The van der Waals surface area contributed by atoms with Crippen LogP contribution in [0.3, 0.4) is 0 Å². The SMILES string of the molecule is O=C(Nc1cccc(F)c1)c1cn2cc(-c3ccn[nH]3)ccc2n1. The normalized spacial score (nSPS) is 10.9. The van der Waals surface area contributed by atoms with Crippen molar-refractivity contribution < 1.29 is 9.18 Å². The number of nitrogens with zero attached hydrogens (tertiary/aromatic N) is 3. The fourth-order valence-corrected chi connectivity index (χ4v) is 2.44. The summed E-state index contributed by atoms with van der Waals surface area (Å²) in [6.45, 7) is 0. The molecule has 0 aliphatic rings. The lowest BCUT2D eigenvalue weighted by Crippen LogP contribution is -2.12. The highest BCUT2D eigenvalue weighted by molar-refractivity contribution is 6.03. The molecule has 0 radical (unpaired) electrons. The molecule has 118 valence electrons. The molecule has 0 unspecified atom stereocenters. The van der Waals surface area contributed by atoms with Crippen LogP contribution in [0, 0.1) is 5.82 Å². The summed E-state index contributed by atoms with van der Waals surface area (Å²) in [6.07, 6.45) is 5.16. The predicted octanol–water partition coefficient (Wildman–Crippen LogP) is 3.12. The number of nitrogens with one attached hydrogen (secondary N) is 2. The van der Waals surface area contributed by atoms with Crippen molar-refractivity contribution in [2.75, 3.05) is 5.32 Å². The van der Waals surface area contributed by atoms with Crippen LogP contribution in [0.4, 0.5) is 10.1 Å². The third-order valence-electron chi connectivity index (χ3n) is 3.58. The molecule has 1 aromatic carbocycles. The van der Waals surface area contributed by atoms with Gasteiger partial charge in [0.2, 0.25) is 0 Å². The van der Waals surface area contributed by atoms with E-state index in [-0.39, 0.29) is 5.69 Å². The number of halogens is 1. The monoisotopic (exact) mass is 321 g/mol. The third-order valence-corrected chi connectivity index (χ3v) is 3.58. The molecule has 0 atom stereocenters. The van der Waals surface area contributed by atoms with Gasteiger partial charge in [-0.25, -0.2) is 9.37 Å². The second kappa shape index (κ2) is 5.62. The number of benzene rings is 1. The van der Waals surface area contributed by atoms with E-state index < -0.39 is 11.7 Å². The molecular formula is C17H12FN5O. The Morgan fingerprint density at radius 2 is 2.08 bits per heavy atom. The van der Waals surface area contributed by atoms with Gasteiger partial charge in [0.25, 0.3) is 5.91 Å². The smallest absolute Gasteiger partial charge is 0.275 e. The van der Waals surface area contributed by atoms with Crippen LogP contribution in [-0.4, -0.2) is 25.5 Å². The van der Waals surface area contributed by atoms with Gasteiger partial charge in [0, 0.05) is 29.8 Å². The first-order chi connectivity index (χ1) is 11.7. The van der Waals surface area contributed by atoms with Crippen molar-refractivity contribution in [2.45, 2.75) is 0 Å². The van der Waals surface area contributed by atoms with E-state index in [0.717, 1.165) is 11.3 Å². The second-order valence-corrected chi connectivity index (χ2v) is 5.24. The van der Waals surface area contributed by atoms with Crippen LogP contribution in [-0.2, 0) is 0 Å². The number of aromatic nitrogens is 4. The topological polar surface area (TPSA) is 75.1 Å². The third kappa shape index (κ3) is 2.63. The number of anilines is 1. The molecular weight excluding hydrogens is 309 g/mol. The summed E-state index contributed by atoms with van der Waals surface area (Å²) in [7, 11) is 0. The van der Waals surface area contributed by atoms with Crippen molar-refractivity contribution in [1.82, 2.24) is 19.6 Å². The minimum Gasteiger partial charge on any atom is -0.321 e. The average molecular weight is 321 g/mol. The Hall–Kier alpha value is -3.48. The Labute approximate surface area is 136 Å². The maximum atomic E-state index is 13.2. The molecule has 0 bridgehead atoms. The van der Waals surface area contributed by atoms with Crippen LogP contribution in [0.2, 0.25) is 0 Å². The van der Waals surface area contributed by atoms with Crippen molar-refractivity contribution in [3.05, 3.63) is 72.6 Å². The number of carbonyl (C=O) groups excluding carboxylic acids is 1. The van der Waals surface area contributed by atoms with E-state index in [1.54, 1.807) is 22.9 Å². The van der Waals surface area contributed by atoms with E-state index in [2.05, 4.69) is 20.5 Å². The van der Waals surface area contributed by atoms with E-state index >= 15 is 0 Å². The van der Waals surface area contributed by atoms with Gasteiger partial charge in [-0.2, -0.15) is 5.10 Å². The fraction of sp³-hybridized carbons (Fsp3) is 0. The lowest BCUT2D eigenvalue weighted by Gasteiger charge is -2.02. The summed E-state index contributed by atoms with van der Waals surface area (Å²) in [5, 5.41) is 9.44. The molecule has 4 aromatic rings. The summed E-state index contributed by atoms with van der Waals surface area (Å²) in [5.74, 6) is -0.806. The molecule has 1 amide bonds. The summed E-state index contributed by atoms with van der Waals surface area (Å²) < 4.78 is 14.9. The van der Waals surface area contributed by atoms with E-state index in [1.165, 1.54) is 18.2 Å². The Morgan fingerprint density at radius 3 is 2.88 bits per heavy atom. The van der Waals surface area contributed by atoms with Crippen LogP contribution < -0.4 is 5.32 Å². The molecule has 0 saturated carbocycles. The molecule has 3 heterocycles. The Morgan fingerprint density at radius 1 is 1.17 bits per heavy atom. The number of carbonyl (C=O) groups is 1. The van der Waals surface area contributed by atoms with Gasteiger partial charge in [0.15, 0.2) is 0 Å². The molecule has 0 saturated heterocycles. The highest BCUT2D eigenvalue weighted by atomic mass is 19.1. The number of amides is 1. The van der Waals surface area contributed by atoms with E-state index in [9.17, 15) is 9.18 Å². The number of rotatable bonds is 3. The fourth-order valence-electron chi connectivity index (χ4n) is 2.44. The zero-order chi connectivity index (χ0) is 16.5. The quantitative estimate of drug-likeness (QED) is 0.609. The number of pyridine rings is 1. The lowest BCUT2D eigenvalue weighted by molar-refractivity contribution is 0.102. The first kappa shape index (κ1) is 14.1. The summed E-state index contributed by atoms with van der Waals surface area (Å²) in [6, 6.07) is 11.3. The van der Waals surface area contributed by atoms with E-state index in [1.807, 2.05) is 24.4 Å². The highest BCUT2D eigenvalue weighted by Gasteiger charge is 2.12. The predicted molar refractivity (Wildman–Crippen MR) is 87.1 cm³/mol. The lowest BCUT2D eigenvalue weighted by atomic mass is 10.2. The minimum atomic E-state index is -0.410. The standard InChI is InChI=1S/C17H12FN5O/c18-12-2-1-3-13(8-12)20-17(24)15-10-23-9-11(4-5-16(23)21-15)14-6-7-19-22-14/h1-10H,(H,19,22)(H,20,24). The minimum absolute atomic E-state index is 0.251. The molecule has 6 nitrogen and oxygen atoms in total. The maximum absolute atomic E-state index is 13.2. The zero-order valence-electron chi connectivity index (χ0n) is 12.4. The second-order valence-electron chi connectivity index (χ2n) is 5.24. The van der Waals surface area contributed by atoms with Crippen molar-refractivity contribution in [3.63, 3.8) is 0 Å². The van der Waals surface area contributed by atoms with Gasteiger partial charge in [-0.1, -0.05) is 6.07 Å². The molecule has 0 aliphatic carbocycles. The largest absolute Gasteiger partial charge is 0.321 e. The summed E-state index contributed by atoms with van der Waals surface area (Å²) >= 11 is 0. The van der Waals surface area contributed by atoms with Crippen molar-refractivity contribution in [1.29, 1.82) is 0 Å². The first-order valence-corrected chi connectivity index (χ1v) is 7.24. The molecule has 0 aliphatic heterocycles. The van der Waals surface area contributed by atoms with Gasteiger partial charge in [0.05, 0.1) is 5.69 Å². The molecule has 3 aromatic heterocycles. The molecule has 4 rings (SSSR count). The summed E-state index contributed by atoms with van der Waals surface area (Å²) in [4.78, 5) is 16.6. The van der Waals surface area contributed by atoms with Crippen LogP contribution in [0.15, 0.2) is 61.1 Å². The van der Waals surface area contributed by atoms with Gasteiger partial charge in [0.1, 0.15) is 17.2 Å². The molecule has 24 heavy (non-hydrogen) atoms.